The highest BCUT2D eigenvalue weighted by atomic mass is 16.4. The Labute approximate surface area is 115 Å². The first-order valence-electron chi connectivity index (χ1n) is 6.66. The molecular formula is C13H28N2O4. The second-order valence-electron chi connectivity index (χ2n) is 3.51. The minimum Gasteiger partial charge on any atom is -0.550 e. The Morgan fingerprint density at radius 3 is 1.42 bits per heavy atom. The van der Waals surface area contributed by atoms with Crippen LogP contribution in [0.25, 0.3) is 0 Å². The normalized spacial score (nSPS) is 9.05. The Balaban J connectivity index is -0.000000219. The number of nitrogens with two attached hydrogens (primary N) is 2. The van der Waals surface area contributed by atoms with E-state index in [-0.39, 0.29) is 0 Å². The van der Waals surface area contributed by atoms with Crippen LogP contribution >= 0.6 is 0 Å². The van der Waals surface area contributed by atoms with Crippen LogP contribution in [0.5, 0.6) is 0 Å². The molecule has 114 valence electrons. The molecule has 0 aliphatic heterocycles. The van der Waals surface area contributed by atoms with Gasteiger partial charge >= 0.3 is 0 Å². The molecule has 0 aromatic carbocycles. The molecule has 0 saturated carbocycles. The summed E-state index contributed by atoms with van der Waals surface area (Å²) in [5.74, 6) is -2.72. The molecule has 4 N–H and O–H groups in total. The van der Waals surface area contributed by atoms with Gasteiger partial charge in [-0.3, -0.25) is 0 Å². The first-order chi connectivity index (χ1) is 8.95. The molecular weight excluding hydrogens is 248 g/mol. The molecule has 0 heterocycles. The predicted octanol–water partition coefficient (Wildman–Crippen LogP) is -3.39. The Kier molecular flexibility index (Phi) is 26.2. The molecule has 0 fully saturated rings. The molecule has 0 bridgehead atoms. The molecule has 6 nitrogen and oxygen atoms in total. The lowest BCUT2D eigenvalue weighted by Crippen LogP contribution is -2.82. The lowest BCUT2D eigenvalue weighted by molar-refractivity contribution is -0.648. The third-order valence-corrected chi connectivity index (χ3v) is 1.69. The molecule has 6 heteroatoms. The van der Waals surface area contributed by atoms with Crippen molar-refractivity contribution in [3.8, 4) is 0 Å². The lowest BCUT2D eigenvalue weighted by atomic mass is 10.4. The van der Waals surface area contributed by atoms with Crippen LogP contribution in [0.2, 0.25) is 0 Å². The fraction of sp³-hybridized carbons (Fsp3) is 0.692. The number of hydrogen-bond donors (Lipinski definition) is 2. The van der Waals surface area contributed by atoms with Crippen molar-refractivity contribution in [1.29, 1.82) is 0 Å². The molecule has 0 amide bonds. The second kappa shape index (κ2) is 21.8. The van der Waals surface area contributed by atoms with Crippen LogP contribution in [0.15, 0.2) is 12.2 Å². The van der Waals surface area contributed by atoms with Crippen molar-refractivity contribution < 1.29 is 30.4 Å². The van der Waals surface area contributed by atoms with E-state index in [1.165, 1.54) is 26.2 Å². The van der Waals surface area contributed by atoms with E-state index in [2.05, 4.69) is 38.3 Å². The monoisotopic (exact) mass is 276 g/mol. The smallest absolute Gasteiger partial charge is 0.0726 e. The van der Waals surface area contributed by atoms with Gasteiger partial charge in [0.25, 0.3) is 0 Å². The molecule has 0 aliphatic rings. The van der Waals surface area contributed by atoms with Gasteiger partial charge in [0.2, 0.25) is 0 Å². The summed E-state index contributed by atoms with van der Waals surface area (Å²) in [6.07, 6.45) is 1.20. The van der Waals surface area contributed by atoms with Crippen LogP contribution in [0.3, 0.4) is 0 Å². The van der Waals surface area contributed by atoms with Gasteiger partial charge in [-0.25, -0.2) is 0 Å². The number of carboxylic acid groups (broad SMARTS) is 2. The zero-order valence-electron chi connectivity index (χ0n) is 12.5. The number of carbonyl (C=O) groups excluding carboxylic acids is 2. The van der Waals surface area contributed by atoms with Gasteiger partial charge in [0.05, 0.1) is 32.1 Å². The van der Waals surface area contributed by atoms with E-state index < -0.39 is 18.4 Å². The number of carbonyl (C=O) groups is 2. The Hall–Kier alpha value is -1.40. The van der Waals surface area contributed by atoms with E-state index in [4.69, 9.17) is 0 Å². The number of carboxylic acids is 2. The van der Waals surface area contributed by atoms with Gasteiger partial charge in [-0.2, -0.15) is 0 Å². The summed E-state index contributed by atoms with van der Waals surface area (Å²) in [7, 11) is 0. The summed E-state index contributed by atoms with van der Waals surface area (Å²) in [5, 5.41) is 23.7. The van der Waals surface area contributed by atoms with Crippen LogP contribution in [0.1, 0.15) is 34.1 Å². The van der Waals surface area contributed by atoms with Crippen LogP contribution in [0, 0.1) is 0 Å². The molecule has 0 spiro atoms. The van der Waals surface area contributed by atoms with Gasteiger partial charge < -0.3 is 30.4 Å². The lowest BCUT2D eigenvalue weighted by Gasteiger charge is -1.93. The Morgan fingerprint density at radius 1 is 0.895 bits per heavy atom. The number of rotatable bonds is 7. The topological polar surface area (TPSA) is 113 Å². The summed E-state index contributed by atoms with van der Waals surface area (Å²) in [6.45, 7) is 13.5. The van der Waals surface area contributed by atoms with E-state index in [1.54, 1.807) is 0 Å². The van der Waals surface area contributed by atoms with Gasteiger partial charge in [0.15, 0.2) is 0 Å². The van der Waals surface area contributed by atoms with Crippen molar-refractivity contribution in [3.63, 3.8) is 0 Å². The number of hydrogen-bond acceptors (Lipinski definition) is 4. The summed E-state index contributed by atoms with van der Waals surface area (Å²) in [6, 6.07) is 0. The van der Waals surface area contributed by atoms with Gasteiger partial charge in [0, 0.05) is 12.4 Å². The second-order valence-corrected chi connectivity index (χ2v) is 3.51. The fourth-order valence-electron chi connectivity index (χ4n) is 0.829. The van der Waals surface area contributed by atoms with Crippen molar-refractivity contribution in [3.05, 3.63) is 12.2 Å². The summed E-state index contributed by atoms with van der Waals surface area (Å²) in [5.41, 5.74) is 0. The zero-order valence-corrected chi connectivity index (χ0v) is 12.5. The molecule has 0 saturated heterocycles. The van der Waals surface area contributed by atoms with E-state index in [0.717, 1.165) is 6.08 Å². The summed E-state index contributed by atoms with van der Waals surface area (Å²) < 4.78 is 0. The molecule has 0 atom stereocenters. The minimum atomic E-state index is -1.41. The molecule has 19 heavy (non-hydrogen) atoms. The van der Waals surface area contributed by atoms with Crippen molar-refractivity contribution in [2.45, 2.75) is 34.1 Å². The van der Waals surface area contributed by atoms with E-state index in [0.29, 0.717) is 6.08 Å². The third kappa shape index (κ3) is 47.8. The highest BCUT2D eigenvalue weighted by Crippen LogP contribution is 1.77. The van der Waals surface area contributed by atoms with E-state index in [9.17, 15) is 19.8 Å². The van der Waals surface area contributed by atoms with Crippen LogP contribution < -0.4 is 20.8 Å². The fourth-order valence-corrected chi connectivity index (χ4v) is 0.829. The minimum absolute atomic E-state index is 0.395. The predicted molar refractivity (Wildman–Crippen MR) is 69.8 cm³/mol. The standard InChI is InChI=1S/C5H6O4.2C4H11N/c6-4(7)2-1-3-5(8)9;2*1-3-5-4-2/h1-2H,3H2,(H,6,7)(H,8,9);2*5H,3-4H2,1-2H3. The maximum Gasteiger partial charge on any atom is 0.0726 e. The summed E-state index contributed by atoms with van der Waals surface area (Å²) in [4.78, 5) is 19.2. The van der Waals surface area contributed by atoms with Crippen molar-refractivity contribution in [2.24, 2.45) is 0 Å². The van der Waals surface area contributed by atoms with Gasteiger partial charge in [0.1, 0.15) is 0 Å². The van der Waals surface area contributed by atoms with Gasteiger partial charge in [-0.15, -0.1) is 0 Å². The molecule has 0 rings (SSSR count). The first kappa shape index (κ1) is 22.8. The highest BCUT2D eigenvalue weighted by Gasteiger charge is 1.76. The summed E-state index contributed by atoms with van der Waals surface area (Å²) >= 11 is 0. The molecule has 0 unspecified atom stereocenters. The zero-order chi connectivity index (χ0) is 15.5. The maximum absolute atomic E-state index is 9.61. The number of aliphatic carboxylic acids is 2. The van der Waals surface area contributed by atoms with E-state index in [1.807, 2.05) is 0 Å². The Morgan fingerprint density at radius 2 is 1.26 bits per heavy atom. The van der Waals surface area contributed by atoms with Crippen molar-refractivity contribution in [1.82, 2.24) is 0 Å². The average molecular weight is 276 g/mol. The van der Waals surface area contributed by atoms with Crippen LogP contribution in [-0.4, -0.2) is 38.1 Å². The molecule has 0 aromatic rings. The van der Waals surface area contributed by atoms with Crippen LogP contribution in [-0.2, 0) is 9.59 Å². The average Bonchev–Trinajstić information content (AvgIpc) is 2.31. The molecule has 0 aromatic heterocycles. The largest absolute Gasteiger partial charge is 0.550 e. The molecule has 0 aliphatic carbocycles. The van der Waals surface area contributed by atoms with Gasteiger partial charge in [-0.1, -0.05) is 6.08 Å². The van der Waals surface area contributed by atoms with E-state index >= 15 is 0 Å². The highest BCUT2D eigenvalue weighted by molar-refractivity contribution is 5.78. The van der Waals surface area contributed by atoms with Crippen molar-refractivity contribution in [2.75, 3.05) is 26.2 Å². The molecule has 0 radical (unpaired) electrons. The van der Waals surface area contributed by atoms with Crippen molar-refractivity contribution >= 4 is 11.9 Å². The first-order valence-corrected chi connectivity index (χ1v) is 6.66. The quantitative estimate of drug-likeness (QED) is 0.472. The van der Waals surface area contributed by atoms with Crippen LogP contribution in [0.4, 0.5) is 0 Å². The maximum atomic E-state index is 9.61. The Bertz CT molecular complexity index is 221. The van der Waals surface area contributed by atoms with Gasteiger partial charge in [-0.05, 0) is 33.8 Å². The third-order valence-electron chi connectivity index (χ3n) is 1.69. The number of quaternary nitrogens is 2. The SMILES string of the molecule is CC[NH2+]CC.CC[NH2+]CC.O=C([O-])C=CCC(=O)[O-].